The monoisotopic (exact) mass is 474 g/mol. The van der Waals surface area contributed by atoms with Crippen LogP contribution in [0.15, 0.2) is 95.2 Å². The molecule has 33 heavy (non-hydrogen) atoms. The van der Waals surface area contributed by atoms with E-state index in [9.17, 15) is 4.79 Å². The molecule has 166 valence electrons. The highest BCUT2D eigenvalue weighted by Gasteiger charge is 2.32. The zero-order valence-corrected chi connectivity index (χ0v) is 19.6. The fraction of sp³-hybridized carbons (Fsp3) is 0.160. The van der Waals surface area contributed by atoms with Gasteiger partial charge >= 0.3 is 0 Å². The summed E-state index contributed by atoms with van der Waals surface area (Å²) in [5.41, 5.74) is 2.93. The molecule has 1 aliphatic rings. The number of benzene rings is 3. The maximum Gasteiger partial charge on any atom is 0.238 e. The van der Waals surface area contributed by atoms with Crippen LogP contribution < -0.4 is 9.64 Å². The van der Waals surface area contributed by atoms with Crippen LogP contribution in [0, 0.1) is 0 Å². The molecule has 0 radical (unpaired) electrons. The van der Waals surface area contributed by atoms with Crippen LogP contribution in [0.4, 0.5) is 5.69 Å². The maximum absolute atomic E-state index is 13.6. The number of hydrogen-bond donors (Lipinski definition) is 0. The van der Waals surface area contributed by atoms with E-state index in [4.69, 9.17) is 4.74 Å². The van der Waals surface area contributed by atoms with Crippen LogP contribution in [0.25, 0.3) is 5.69 Å². The van der Waals surface area contributed by atoms with Crippen molar-refractivity contribution in [3.63, 3.8) is 0 Å². The van der Waals surface area contributed by atoms with E-state index >= 15 is 0 Å². The number of thioether (sulfide) groups is 2. The van der Waals surface area contributed by atoms with Crippen molar-refractivity contribution in [2.45, 2.75) is 16.1 Å². The summed E-state index contributed by atoms with van der Waals surface area (Å²) in [6.07, 6.45) is 1.64. The molecule has 5 rings (SSSR count). The van der Waals surface area contributed by atoms with E-state index in [0.29, 0.717) is 5.16 Å². The summed E-state index contributed by atoms with van der Waals surface area (Å²) in [7, 11) is 1.63. The number of rotatable bonds is 6. The zero-order valence-electron chi connectivity index (χ0n) is 18.0. The Bertz CT molecular complexity index is 1260. The molecular formula is C25H22N4O2S2. The lowest BCUT2D eigenvalue weighted by atomic mass is 10.1. The summed E-state index contributed by atoms with van der Waals surface area (Å²) < 4.78 is 7.34. The Balaban J connectivity index is 1.42. The standard InChI is InChI=1S/C25H22N4O2S2/c1-31-22-13-7-5-11-19(22)28-17-26-27-25(28)33-16-24(30)29-20-12-6-8-14-23(20)32-15-21(29)18-9-3-2-4-10-18/h2-14,17,21H,15-16H2,1H3/t21-/m0/s1. The van der Waals surface area contributed by atoms with Crippen LogP contribution in [0.2, 0.25) is 0 Å². The highest BCUT2D eigenvalue weighted by atomic mass is 32.2. The van der Waals surface area contributed by atoms with Gasteiger partial charge in [-0.25, -0.2) is 0 Å². The van der Waals surface area contributed by atoms with E-state index < -0.39 is 0 Å². The largest absolute Gasteiger partial charge is 0.495 e. The van der Waals surface area contributed by atoms with E-state index in [1.807, 2.05) is 70.1 Å². The lowest BCUT2D eigenvalue weighted by Gasteiger charge is -2.37. The first-order chi connectivity index (χ1) is 16.3. The van der Waals surface area contributed by atoms with Gasteiger partial charge in [-0.15, -0.1) is 22.0 Å². The van der Waals surface area contributed by atoms with E-state index in [2.05, 4.69) is 28.4 Å². The van der Waals surface area contributed by atoms with E-state index in [1.165, 1.54) is 11.8 Å². The van der Waals surface area contributed by atoms with Crippen LogP contribution in [0.1, 0.15) is 11.6 Å². The Labute approximate surface area is 201 Å². The number of methoxy groups -OCH3 is 1. The van der Waals surface area contributed by atoms with Crippen molar-refractivity contribution in [3.8, 4) is 11.4 Å². The fourth-order valence-electron chi connectivity index (χ4n) is 3.93. The number of hydrogen-bond acceptors (Lipinski definition) is 6. The van der Waals surface area contributed by atoms with Gasteiger partial charge in [0.25, 0.3) is 0 Å². The molecular weight excluding hydrogens is 452 g/mol. The molecule has 6 nitrogen and oxygen atoms in total. The topological polar surface area (TPSA) is 60.2 Å². The van der Waals surface area contributed by atoms with Crippen molar-refractivity contribution in [3.05, 3.63) is 90.8 Å². The molecule has 0 aliphatic carbocycles. The molecule has 3 aromatic carbocycles. The Hall–Kier alpha value is -3.23. The van der Waals surface area contributed by atoms with Gasteiger partial charge in [0.05, 0.1) is 30.3 Å². The molecule has 0 saturated carbocycles. The average Bonchev–Trinajstić information content (AvgIpc) is 3.35. The second-order valence-electron chi connectivity index (χ2n) is 7.41. The summed E-state index contributed by atoms with van der Waals surface area (Å²) >= 11 is 3.17. The lowest BCUT2D eigenvalue weighted by molar-refractivity contribution is -0.116. The Kier molecular flexibility index (Phi) is 6.37. The molecule has 0 bridgehead atoms. The second kappa shape index (κ2) is 9.72. The van der Waals surface area contributed by atoms with Gasteiger partial charge in [-0.3, -0.25) is 9.36 Å². The lowest BCUT2D eigenvalue weighted by Crippen LogP contribution is -2.39. The molecule has 0 spiro atoms. The van der Waals surface area contributed by atoms with Gasteiger partial charge < -0.3 is 9.64 Å². The minimum Gasteiger partial charge on any atom is -0.495 e. The fourth-order valence-corrected chi connectivity index (χ4v) is 5.88. The first-order valence-corrected chi connectivity index (χ1v) is 12.5. The number of carbonyl (C=O) groups is 1. The van der Waals surface area contributed by atoms with Gasteiger partial charge in [0.1, 0.15) is 12.1 Å². The summed E-state index contributed by atoms with van der Waals surface area (Å²) in [5.74, 6) is 1.82. The molecule has 0 fully saturated rings. The van der Waals surface area contributed by atoms with E-state index in [0.717, 1.165) is 33.3 Å². The van der Waals surface area contributed by atoms with Crippen molar-refractivity contribution in [2.24, 2.45) is 0 Å². The summed E-state index contributed by atoms with van der Waals surface area (Å²) in [4.78, 5) is 16.7. The quantitative estimate of drug-likeness (QED) is 0.356. The molecule has 0 N–H and O–H groups in total. The van der Waals surface area contributed by atoms with Crippen LogP contribution in [-0.2, 0) is 4.79 Å². The van der Waals surface area contributed by atoms with Crippen molar-refractivity contribution in [1.29, 1.82) is 0 Å². The smallest absolute Gasteiger partial charge is 0.238 e. The van der Waals surface area contributed by atoms with Crippen LogP contribution in [0.3, 0.4) is 0 Å². The number of carbonyl (C=O) groups excluding carboxylic acids is 1. The highest BCUT2D eigenvalue weighted by Crippen LogP contribution is 2.43. The van der Waals surface area contributed by atoms with Gasteiger partial charge in [0.15, 0.2) is 5.16 Å². The predicted octanol–water partition coefficient (Wildman–Crippen LogP) is 5.25. The summed E-state index contributed by atoms with van der Waals surface area (Å²) in [5, 5.41) is 8.97. The third kappa shape index (κ3) is 4.36. The Morgan fingerprint density at radius 2 is 1.76 bits per heavy atom. The second-order valence-corrected chi connectivity index (χ2v) is 9.42. The van der Waals surface area contributed by atoms with Gasteiger partial charge in [0.2, 0.25) is 5.91 Å². The van der Waals surface area contributed by atoms with Gasteiger partial charge in [-0.05, 0) is 29.8 Å². The summed E-state index contributed by atoms with van der Waals surface area (Å²) in [6, 6.07) is 26.0. The number of para-hydroxylation sites is 3. The Morgan fingerprint density at radius 3 is 2.58 bits per heavy atom. The Morgan fingerprint density at radius 1 is 1.03 bits per heavy atom. The molecule has 1 amide bonds. The first kappa shape index (κ1) is 21.6. The van der Waals surface area contributed by atoms with Crippen molar-refractivity contribution in [2.75, 3.05) is 23.5 Å². The number of ether oxygens (including phenoxy) is 1. The SMILES string of the molecule is COc1ccccc1-n1cnnc1SCC(=O)N1c2ccccc2SC[C@H]1c1ccccc1. The molecule has 1 atom stereocenters. The molecule has 2 heterocycles. The number of aromatic nitrogens is 3. The van der Waals surface area contributed by atoms with Crippen molar-refractivity contribution >= 4 is 35.1 Å². The molecule has 0 saturated heterocycles. The molecule has 1 aromatic heterocycles. The molecule has 1 aliphatic heterocycles. The number of nitrogens with zero attached hydrogens (tertiary/aromatic N) is 4. The number of fused-ring (bicyclic) bond motifs is 1. The average molecular weight is 475 g/mol. The van der Waals surface area contributed by atoms with Crippen molar-refractivity contribution < 1.29 is 9.53 Å². The van der Waals surface area contributed by atoms with Gasteiger partial charge in [-0.2, -0.15) is 0 Å². The normalized spacial score (nSPS) is 15.2. The third-order valence-corrected chi connectivity index (χ3v) is 7.54. The van der Waals surface area contributed by atoms with Gasteiger partial charge in [0, 0.05) is 10.6 Å². The summed E-state index contributed by atoms with van der Waals surface area (Å²) in [6.45, 7) is 0. The van der Waals surface area contributed by atoms with Gasteiger partial charge in [-0.1, -0.05) is 66.4 Å². The number of amides is 1. The predicted molar refractivity (Wildman–Crippen MR) is 132 cm³/mol. The first-order valence-electron chi connectivity index (χ1n) is 10.5. The van der Waals surface area contributed by atoms with E-state index in [-0.39, 0.29) is 17.7 Å². The van der Waals surface area contributed by atoms with Crippen LogP contribution in [-0.4, -0.2) is 39.3 Å². The number of anilines is 1. The van der Waals surface area contributed by atoms with E-state index in [1.54, 1.807) is 25.2 Å². The molecule has 4 aromatic rings. The van der Waals surface area contributed by atoms with Crippen LogP contribution >= 0.6 is 23.5 Å². The molecule has 8 heteroatoms. The minimum absolute atomic E-state index is 0.0220. The van der Waals surface area contributed by atoms with Crippen molar-refractivity contribution in [1.82, 2.24) is 14.8 Å². The van der Waals surface area contributed by atoms with Crippen LogP contribution in [0.5, 0.6) is 5.75 Å². The highest BCUT2D eigenvalue weighted by molar-refractivity contribution is 8.00. The minimum atomic E-state index is -0.0220. The zero-order chi connectivity index (χ0) is 22.6. The maximum atomic E-state index is 13.6. The molecule has 0 unspecified atom stereocenters. The third-order valence-electron chi connectivity index (χ3n) is 5.47.